The number of pyridine rings is 1. The lowest BCUT2D eigenvalue weighted by molar-refractivity contribution is -0.143. The van der Waals surface area contributed by atoms with Gasteiger partial charge in [-0.05, 0) is 115 Å². The molecule has 0 radical (unpaired) electrons. The molecule has 282 valence electrons. The van der Waals surface area contributed by atoms with Gasteiger partial charge in [-0.3, -0.25) is 19.7 Å². The van der Waals surface area contributed by atoms with Crippen LogP contribution in [0.5, 0.6) is 0 Å². The highest BCUT2D eigenvalue weighted by Gasteiger charge is 2.28. The number of carboxylic acids is 1. The molecule has 1 aromatic heterocycles. The summed E-state index contributed by atoms with van der Waals surface area (Å²) in [6.07, 6.45) is 18.1. The van der Waals surface area contributed by atoms with Gasteiger partial charge >= 0.3 is 5.97 Å². The molecule has 0 saturated carbocycles. The van der Waals surface area contributed by atoms with E-state index in [1.54, 1.807) is 11.8 Å². The van der Waals surface area contributed by atoms with Crippen LogP contribution in [0, 0.1) is 0 Å². The van der Waals surface area contributed by atoms with Crippen molar-refractivity contribution < 1.29 is 9.90 Å². The molecule has 0 saturated heterocycles. The number of rotatable bonds is 19. The fraction of sp³-hybridized carbons (Fsp3) is 0.286. The maximum atomic E-state index is 12.7. The minimum absolute atomic E-state index is 0.262. The average Bonchev–Trinajstić information content (AvgIpc) is 3.22. The van der Waals surface area contributed by atoms with E-state index in [-0.39, 0.29) is 6.04 Å². The van der Waals surface area contributed by atoms with Gasteiger partial charge in [0.1, 0.15) is 6.04 Å². The van der Waals surface area contributed by atoms with E-state index in [2.05, 4.69) is 114 Å². The van der Waals surface area contributed by atoms with Gasteiger partial charge in [-0.1, -0.05) is 133 Å². The fourth-order valence-electron chi connectivity index (χ4n) is 7.14. The Labute approximate surface area is 332 Å². The van der Waals surface area contributed by atoms with Crippen molar-refractivity contribution in [3.63, 3.8) is 0 Å². The Hall–Kier alpha value is -5.04. The predicted molar refractivity (Wildman–Crippen MR) is 233 cm³/mol. The zero-order chi connectivity index (χ0) is 38.1. The Bertz CT molecular complexity index is 2010. The van der Waals surface area contributed by atoms with Gasteiger partial charge in [-0.25, -0.2) is 0 Å². The quantitative estimate of drug-likeness (QED) is 0.0852. The van der Waals surface area contributed by atoms with Crippen LogP contribution >= 0.6 is 11.8 Å². The van der Waals surface area contributed by atoms with E-state index in [1.165, 1.54) is 22.3 Å². The standard InChI is InChI=1S/C49H53N3O2S/c1-55-35-34-48(49(53)54)52(36-46-16-8-14-44(50-46)32-30-42-26-22-40(23-27-42)20-18-38-10-4-2-5-11-38)37-47-17-9-15-45(51-47)33-31-43-28-24-41(25-29-43)21-19-39-12-6-3-7-13-39/h2-8,10-14,16,18,20,22-30,32,45,48H,9,15,17,19,21,31,33-37H2,1H3,(H,53,54)/b20-18+,32-30+/t45-,48+/m1/s1. The molecule has 6 heteroatoms. The number of carboxylic acid groups (broad SMARTS) is 1. The first kappa shape index (κ1) is 39.6. The van der Waals surface area contributed by atoms with Crippen molar-refractivity contribution in [1.29, 1.82) is 0 Å². The third kappa shape index (κ3) is 13.0. The molecule has 6 rings (SSSR count). The van der Waals surface area contributed by atoms with Crippen LogP contribution in [0.15, 0.2) is 132 Å². The van der Waals surface area contributed by atoms with Crippen LogP contribution in [0.3, 0.4) is 0 Å². The minimum atomic E-state index is -0.785. The topological polar surface area (TPSA) is 65.8 Å². The van der Waals surface area contributed by atoms with Crippen LogP contribution in [-0.4, -0.2) is 57.3 Å². The molecule has 0 fully saturated rings. The summed E-state index contributed by atoms with van der Waals surface area (Å²) in [5.41, 5.74) is 10.3. The number of aryl methyl sites for hydroxylation is 3. The van der Waals surface area contributed by atoms with Crippen molar-refractivity contribution in [1.82, 2.24) is 9.88 Å². The van der Waals surface area contributed by atoms with Crippen molar-refractivity contribution in [2.75, 3.05) is 18.6 Å². The molecule has 5 aromatic rings. The van der Waals surface area contributed by atoms with Gasteiger partial charge in [0.2, 0.25) is 0 Å². The number of aromatic nitrogens is 1. The lowest BCUT2D eigenvalue weighted by Crippen LogP contribution is -2.44. The molecule has 0 spiro atoms. The number of carbonyl (C=O) groups is 1. The number of nitrogens with zero attached hydrogens (tertiary/aromatic N) is 3. The number of benzene rings is 4. The zero-order valence-corrected chi connectivity index (χ0v) is 32.8. The van der Waals surface area contributed by atoms with Crippen LogP contribution in [0.1, 0.15) is 76.9 Å². The Morgan fingerprint density at radius 1 is 0.727 bits per heavy atom. The van der Waals surface area contributed by atoms with Gasteiger partial charge in [0, 0.05) is 18.8 Å². The summed E-state index contributed by atoms with van der Waals surface area (Å²) < 4.78 is 0. The van der Waals surface area contributed by atoms with E-state index in [0.29, 0.717) is 19.5 Å². The molecule has 1 aliphatic rings. The summed E-state index contributed by atoms with van der Waals surface area (Å²) >= 11 is 1.68. The number of hydrogen-bond donors (Lipinski definition) is 1. The van der Waals surface area contributed by atoms with E-state index in [4.69, 9.17) is 9.98 Å². The second-order valence-corrected chi connectivity index (χ2v) is 15.4. The maximum Gasteiger partial charge on any atom is 0.320 e. The highest BCUT2D eigenvalue weighted by atomic mass is 32.2. The Morgan fingerprint density at radius 3 is 1.98 bits per heavy atom. The lowest BCUT2D eigenvalue weighted by Gasteiger charge is -2.31. The first-order valence-electron chi connectivity index (χ1n) is 19.6. The Morgan fingerprint density at radius 2 is 1.33 bits per heavy atom. The Balaban J connectivity index is 1.07. The van der Waals surface area contributed by atoms with Crippen molar-refractivity contribution in [2.24, 2.45) is 4.99 Å². The second-order valence-electron chi connectivity index (χ2n) is 14.4. The second kappa shape index (κ2) is 21.2. The van der Waals surface area contributed by atoms with E-state index < -0.39 is 12.0 Å². The molecular weight excluding hydrogens is 695 g/mol. The number of thioether (sulfide) groups is 1. The Kier molecular flexibility index (Phi) is 15.3. The molecule has 0 bridgehead atoms. The van der Waals surface area contributed by atoms with Crippen molar-refractivity contribution in [3.8, 4) is 0 Å². The molecule has 0 amide bonds. The van der Waals surface area contributed by atoms with Crippen LogP contribution in [0.2, 0.25) is 0 Å². The van der Waals surface area contributed by atoms with E-state index in [1.807, 2.05) is 48.7 Å². The summed E-state index contributed by atoms with van der Waals surface area (Å²) in [6, 6.07) is 44.2. The van der Waals surface area contributed by atoms with E-state index in [9.17, 15) is 9.90 Å². The van der Waals surface area contributed by atoms with Gasteiger partial charge < -0.3 is 5.11 Å². The van der Waals surface area contributed by atoms with Gasteiger partial charge in [-0.15, -0.1) is 0 Å². The SMILES string of the molecule is CSCC[C@@H](C(=O)O)N(CC1=N[C@@H](CCc2ccc(CCc3ccccc3)cc2)CCC1)Cc1cccc(/C=C/c2ccc(/C=C/c3ccccc3)cc2)n1. The fourth-order valence-corrected chi connectivity index (χ4v) is 7.60. The highest BCUT2D eigenvalue weighted by molar-refractivity contribution is 7.98. The summed E-state index contributed by atoms with van der Waals surface area (Å²) in [4.78, 5) is 25.0. The maximum absolute atomic E-state index is 12.7. The molecule has 2 atom stereocenters. The largest absolute Gasteiger partial charge is 0.480 e. The summed E-state index contributed by atoms with van der Waals surface area (Å²) in [5, 5.41) is 10.4. The van der Waals surface area contributed by atoms with Crippen LogP contribution in [0.25, 0.3) is 24.3 Å². The highest BCUT2D eigenvalue weighted by Crippen LogP contribution is 2.22. The van der Waals surface area contributed by atoms with Crippen LogP contribution in [-0.2, 0) is 30.6 Å². The number of aliphatic carboxylic acids is 1. The molecule has 1 N–H and O–H groups in total. The summed E-state index contributed by atoms with van der Waals surface area (Å²) in [6.45, 7) is 1.00. The summed E-state index contributed by atoms with van der Waals surface area (Å²) in [7, 11) is 0. The molecule has 55 heavy (non-hydrogen) atoms. The van der Waals surface area contributed by atoms with Crippen LogP contribution < -0.4 is 0 Å². The van der Waals surface area contributed by atoms with Gasteiger partial charge in [0.05, 0.1) is 17.4 Å². The molecule has 2 heterocycles. The predicted octanol–water partition coefficient (Wildman–Crippen LogP) is 10.8. The van der Waals surface area contributed by atoms with E-state index >= 15 is 0 Å². The zero-order valence-electron chi connectivity index (χ0n) is 32.0. The van der Waals surface area contributed by atoms with Gasteiger partial charge in [0.25, 0.3) is 0 Å². The lowest BCUT2D eigenvalue weighted by atomic mass is 9.96. The van der Waals surface area contributed by atoms with Crippen LogP contribution in [0.4, 0.5) is 0 Å². The minimum Gasteiger partial charge on any atom is -0.480 e. The number of hydrogen-bond acceptors (Lipinski definition) is 5. The molecule has 0 unspecified atom stereocenters. The molecule has 5 nitrogen and oxygen atoms in total. The first-order chi connectivity index (χ1) is 27.0. The monoisotopic (exact) mass is 747 g/mol. The van der Waals surface area contributed by atoms with Crippen molar-refractivity contribution in [3.05, 3.63) is 172 Å². The molecular formula is C49H53N3O2S. The molecule has 0 aliphatic carbocycles. The smallest absolute Gasteiger partial charge is 0.320 e. The molecule has 1 aliphatic heterocycles. The van der Waals surface area contributed by atoms with Crippen molar-refractivity contribution >= 4 is 47.7 Å². The average molecular weight is 748 g/mol. The molecule has 4 aromatic carbocycles. The summed E-state index contributed by atoms with van der Waals surface area (Å²) in [5.74, 6) is -0.00248. The first-order valence-corrected chi connectivity index (χ1v) is 21.0. The normalized spacial score (nSPS) is 15.1. The van der Waals surface area contributed by atoms with Crippen molar-refractivity contribution in [2.45, 2.75) is 70.0 Å². The third-order valence-corrected chi connectivity index (χ3v) is 10.9. The number of aliphatic imine (C=N–C) groups is 1. The van der Waals surface area contributed by atoms with Gasteiger partial charge in [-0.2, -0.15) is 11.8 Å². The van der Waals surface area contributed by atoms with Gasteiger partial charge in [0.15, 0.2) is 0 Å². The van der Waals surface area contributed by atoms with E-state index in [0.717, 1.165) is 78.9 Å². The third-order valence-electron chi connectivity index (χ3n) is 10.3.